The summed E-state index contributed by atoms with van der Waals surface area (Å²) < 4.78 is 0. The molecule has 0 aromatic heterocycles. The minimum absolute atomic E-state index is 0.586. The molecule has 4 nitrogen and oxygen atoms in total. The van der Waals surface area contributed by atoms with Gasteiger partial charge in [-0.05, 0) is 13.8 Å². The van der Waals surface area contributed by atoms with Crippen molar-refractivity contribution in [2.45, 2.75) is 26.4 Å². The summed E-state index contributed by atoms with van der Waals surface area (Å²) in [6.45, 7) is 2.56. The van der Waals surface area contributed by atoms with Crippen LogP contribution < -0.4 is 0 Å². The monoisotopic (exact) mass is 460 g/mol. The molecular formula is C4H12Cl4Mo2O4. The first kappa shape index (κ1) is 25.3. The van der Waals surface area contributed by atoms with E-state index in [2.05, 4.69) is 0 Å². The Bertz CT molecular complexity index is 57.8. The van der Waals surface area contributed by atoms with Crippen LogP contribution in [0.2, 0.25) is 0 Å². The standard InChI is InChI=1S/2C2H6O2.4ClH.2Mo/c2*1-2(3)4;;;;;;/h2*2-4H,1H3;4*1H;;/q;;;;;;2*+2/p-4. The number of halogens is 4. The zero-order valence-electron chi connectivity index (χ0n) is 7.27. The van der Waals surface area contributed by atoms with E-state index in [0.717, 1.165) is 0 Å². The third kappa shape index (κ3) is 455. The molecule has 0 aromatic rings. The van der Waals surface area contributed by atoms with Crippen LogP contribution in [0.3, 0.4) is 0 Å². The zero-order valence-corrected chi connectivity index (χ0v) is 14.3. The Labute approximate surface area is 116 Å². The molecule has 92 valence electrons. The van der Waals surface area contributed by atoms with Crippen molar-refractivity contribution < 1.29 is 53.4 Å². The predicted molar refractivity (Wildman–Crippen MR) is 51.2 cm³/mol. The molecule has 14 heavy (non-hydrogen) atoms. The van der Waals surface area contributed by atoms with Crippen LogP contribution in [0.4, 0.5) is 0 Å². The van der Waals surface area contributed by atoms with E-state index in [1.165, 1.54) is 13.8 Å². The molecule has 0 bridgehead atoms. The number of hydrogen-bond donors (Lipinski definition) is 4. The summed E-state index contributed by atoms with van der Waals surface area (Å²) in [5.74, 6) is 0. The van der Waals surface area contributed by atoms with E-state index in [-0.39, 0.29) is 0 Å². The predicted octanol–water partition coefficient (Wildman–Crippen LogP) is 1.39. The molecule has 0 fully saturated rings. The van der Waals surface area contributed by atoms with E-state index in [1.807, 2.05) is 0 Å². The van der Waals surface area contributed by atoms with Gasteiger partial charge in [-0.3, -0.25) is 0 Å². The molecule has 0 atom stereocenters. The van der Waals surface area contributed by atoms with Crippen molar-refractivity contribution in [1.29, 1.82) is 0 Å². The summed E-state index contributed by atoms with van der Waals surface area (Å²) in [5.41, 5.74) is 0. The van der Waals surface area contributed by atoms with E-state index in [9.17, 15) is 0 Å². The molecule has 0 aliphatic heterocycles. The van der Waals surface area contributed by atoms with Gasteiger partial charge in [0.2, 0.25) is 0 Å². The third-order valence-corrected chi connectivity index (χ3v) is 0. The van der Waals surface area contributed by atoms with Gasteiger partial charge >= 0.3 is 70.6 Å². The van der Waals surface area contributed by atoms with Crippen molar-refractivity contribution in [2.75, 3.05) is 0 Å². The Morgan fingerprint density at radius 2 is 0.714 bits per heavy atom. The van der Waals surface area contributed by atoms with Crippen LogP contribution in [0.5, 0.6) is 0 Å². The molecule has 0 aliphatic rings. The molecule has 4 N–H and O–H groups in total. The van der Waals surface area contributed by atoms with Gasteiger partial charge < -0.3 is 20.4 Å². The van der Waals surface area contributed by atoms with E-state index in [0.29, 0.717) is 0 Å². The number of aliphatic hydroxyl groups excluding tert-OH is 2. The topological polar surface area (TPSA) is 80.9 Å². The van der Waals surface area contributed by atoms with Crippen LogP contribution in [-0.4, -0.2) is 33.0 Å². The molecule has 0 heterocycles. The van der Waals surface area contributed by atoms with Gasteiger partial charge in [0.15, 0.2) is 0 Å². The fraction of sp³-hybridized carbons (Fsp3) is 1.00. The van der Waals surface area contributed by atoms with Gasteiger partial charge in [-0.2, -0.15) is 0 Å². The van der Waals surface area contributed by atoms with Crippen molar-refractivity contribution in [3.63, 3.8) is 0 Å². The molecule has 0 amide bonds. The molecule has 0 spiro atoms. The van der Waals surface area contributed by atoms with Gasteiger partial charge in [-0.1, -0.05) is 0 Å². The van der Waals surface area contributed by atoms with Gasteiger partial charge in [-0.15, -0.1) is 0 Å². The molecule has 0 rings (SSSR count). The normalized spacial score (nSPS) is 7.71. The number of hydrogen-bond acceptors (Lipinski definition) is 4. The fourth-order valence-corrected chi connectivity index (χ4v) is 0. The Morgan fingerprint density at radius 3 is 0.714 bits per heavy atom. The van der Waals surface area contributed by atoms with Crippen LogP contribution in [0.25, 0.3) is 0 Å². The Balaban J connectivity index is -0.0000000482. The quantitative estimate of drug-likeness (QED) is 0.327. The van der Waals surface area contributed by atoms with E-state index in [4.69, 9.17) is 58.1 Å². The average molecular weight is 458 g/mol. The average Bonchev–Trinajstić information content (AvgIpc) is 1.85. The number of rotatable bonds is 0. The molecule has 0 aliphatic carbocycles. The first-order valence-corrected chi connectivity index (χ1v) is 13.1. The third-order valence-electron chi connectivity index (χ3n) is 0. The minimum atomic E-state index is -1.17. The van der Waals surface area contributed by atoms with E-state index in [1.54, 1.807) is 0 Å². The SMILES string of the molecule is CC(O)O.CC(O)O.[Cl][Mo][Cl].[Cl][Mo][Cl]. The van der Waals surface area contributed by atoms with Crippen LogP contribution in [0.15, 0.2) is 0 Å². The summed E-state index contributed by atoms with van der Waals surface area (Å²) in [4.78, 5) is 0. The van der Waals surface area contributed by atoms with Crippen molar-refractivity contribution in [3.8, 4) is 0 Å². The van der Waals surface area contributed by atoms with Crippen molar-refractivity contribution in [1.82, 2.24) is 0 Å². The molecule has 0 unspecified atom stereocenters. The molecule has 0 saturated heterocycles. The molecular weight excluding hydrogens is 446 g/mol. The van der Waals surface area contributed by atoms with Gasteiger partial charge in [0, 0.05) is 0 Å². The molecule has 0 aromatic carbocycles. The van der Waals surface area contributed by atoms with E-state index >= 15 is 0 Å². The van der Waals surface area contributed by atoms with Crippen LogP contribution >= 0.6 is 37.7 Å². The molecule has 10 heteroatoms. The summed E-state index contributed by atoms with van der Waals surface area (Å²) in [7, 11) is 19.6. The second kappa shape index (κ2) is 29.5. The summed E-state index contributed by atoms with van der Waals surface area (Å²) >= 11 is -1.17. The zero-order chi connectivity index (χ0) is 12.6. The maximum atomic E-state index is 7.61. The van der Waals surface area contributed by atoms with Gasteiger partial charge in [0.25, 0.3) is 0 Å². The Morgan fingerprint density at radius 1 is 0.714 bits per heavy atom. The van der Waals surface area contributed by atoms with Crippen LogP contribution in [0, 0.1) is 0 Å². The van der Waals surface area contributed by atoms with Gasteiger partial charge in [0.1, 0.15) is 12.6 Å². The Kier molecular flexibility index (Phi) is 53.3. The summed E-state index contributed by atoms with van der Waals surface area (Å²) in [5, 5.41) is 30.4. The van der Waals surface area contributed by atoms with Crippen LogP contribution in [0.1, 0.15) is 13.8 Å². The Hall–Kier alpha value is 2.38. The summed E-state index contributed by atoms with van der Waals surface area (Å²) in [6, 6.07) is 0. The van der Waals surface area contributed by atoms with Crippen LogP contribution in [-0.2, 0) is 33.0 Å². The van der Waals surface area contributed by atoms with Crippen molar-refractivity contribution in [3.05, 3.63) is 0 Å². The first-order valence-electron chi connectivity index (χ1n) is 2.80. The fourth-order valence-electron chi connectivity index (χ4n) is 0. The number of aliphatic hydroxyl groups is 4. The molecule has 0 saturated carbocycles. The van der Waals surface area contributed by atoms with Gasteiger partial charge in [-0.25, -0.2) is 0 Å². The second-order valence-corrected chi connectivity index (χ2v) is 7.47. The molecule has 0 radical (unpaired) electrons. The van der Waals surface area contributed by atoms with E-state index < -0.39 is 45.5 Å². The van der Waals surface area contributed by atoms with Crippen molar-refractivity contribution in [2.24, 2.45) is 0 Å². The maximum absolute atomic E-state index is 7.61. The van der Waals surface area contributed by atoms with Crippen molar-refractivity contribution >= 4 is 37.7 Å². The van der Waals surface area contributed by atoms with Gasteiger partial charge in [0.05, 0.1) is 0 Å². The summed E-state index contributed by atoms with van der Waals surface area (Å²) in [6.07, 6.45) is -2.33. The first-order chi connectivity index (χ1) is 6.29. The second-order valence-electron chi connectivity index (χ2n) is 1.38.